The largest absolute Gasteiger partial charge is 0.382 e. The minimum atomic E-state index is 0.111. The molecule has 1 N–H and O–H groups in total. The number of morpholine rings is 1. The molecule has 0 saturated carbocycles. The molecule has 0 aliphatic carbocycles. The number of ether oxygens (including phenoxy) is 2. The van der Waals surface area contributed by atoms with Crippen LogP contribution in [0.2, 0.25) is 0 Å². The molecule has 8 nitrogen and oxygen atoms in total. The van der Waals surface area contributed by atoms with E-state index >= 15 is 0 Å². The Labute approximate surface area is 149 Å². The molecule has 0 bridgehead atoms. The number of nitrogens with one attached hydrogen (secondary N) is 1. The highest BCUT2D eigenvalue weighted by Crippen LogP contribution is 2.20. The van der Waals surface area contributed by atoms with Crippen LogP contribution in [-0.4, -0.2) is 78.2 Å². The van der Waals surface area contributed by atoms with Gasteiger partial charge in [0.15, 0.2) is 5.96 Å². The van der Waals surface area contributed by atoms with Crippen LogP contribution in [0.5, 0.6) is 0 Å². The van der Waals surface area contributed by atoms with Gasteiger partial charge < -0.3 is 24.3 Å². The number of methoxy groups -OCH3 is 1. The van der Waals surface area contributed by atoms with E-state index in [0.717, 1.165) is 63.2 Å². The first-order chi connectivity index (χ1) is 12.2. The van der Waals surface area contributed by atoms with E-state index in [9.17, 15) is 0 Å². The maximum absolute atomic E-state index is 5.75. The molecule has 1 aromatic heterocycles. The van der Waals surface area contributed by atoms with Gasteiger partial charge in [0.2, 0.25) is 0 Å². The fraction of sp³-hybridized carbons (Fsp3) is 0.824. The number of aryl methyl sites for hydroxylation is 2. The van der Waals surface area contributed by atoms with E-state index < -0.39 is 0 Å². The van der Waals surface area contributed by atoms with E-state index in [1.807, 2.05) is 6.92 Å². The first-order valence-electron chi connectivity index (χ1n) is 9.23. The second kappa shape index (κ2) is 8.62. The van der Waals surface area contributed by atoms with Gasteiger partial charge in [-0.2, -0.15) is 0 Å². The van der Waals surface area contributed by atoms with Crippen molar-refractivity contribution < 1.29 is 9.47 Å². The highest BCUT2D eigenvalue weighted by atomic mass is 16.5. The van der Waals surface area contributed by atoms with Crippen LogP contribution in [-0.2, 0) is 22.4 Å². The Kier molecular flexibility index (Phi) is 6.25. The number of guanidine groups is 1. The Balaban J connectivity index is 1.61. The van der Waals surface area contributed by atoms with Crippen molar-refractivity contribution in [1.29, 1.82) is 0 Å². The smallest absolute Gasteiger partial charge is 0.194 e. The molecule has 1 fully saturated rings. The first kappa shape index (κ1) is 18.1. The molecule has 2 atom stereocenters. The highest BCUT2D eigenvalue weighted by Gasteiger charge is 2.24. The van der Waals surface area contributed by atoms with Crippen LogP contribution < -0.4 is 5.32 Å². The monoisotopic (exact) mass is 350 g/mol. The summed E-state index contributed by atoms with van der Waals surface area (Å²) in [5.41, 5.74) is 0. The third kappa shape index (κ3) is 4.49. The molecule has 0 aromatic carbocycles. The van der Waals surface area contributed by atoms with Gasteiger partial charge >= 0.3 is 0 Å². The maximum Gasteiger partial charge on any atom is 0.194 e. The minimum absolute atomic E-state index is 0.111. The average Bonchev–Trinajstić information content (AvgIpc) is 3.00. The van der Waals surface area contributed by atoms with E-state index in [-0.39, 0.29) is 6.10 Å². The van der Waals surface area contributed by atoms with Gasteiger partial charge in [-0.3, -0.25) is 4.99 Å². The Hall–Kier alpha value is -1.67. The lowest BCUT2D eigenvalue weighted by molar-refractivity contribution is -0.0447. The van der Waals surface area contributed by atoms with Crippen molar-refractivity contribution in [2.24, 2.45) is 10.9 Å². The van der Waals surface area contributed by atoms with Crippen LogP contribution in [0.25, 0.3) is 0 Å². The number of fused-ring (bicyclic) bond motifs is 1. The topological polar surface area (TPSA) is 76.8 Å². The van der Waals surface area contributed by atoms with Gasteiger partial charge in [-0.25, -0.2) is 0 Å². The Bertz CT molecular complexity index is 586. The molecule has 0 spiro atoms. The van der Waals surface area contributed by atoms with Gasteiger partial charge in [0.05, 0.1) is 19.3 Å². The summed E-state index contributed by atoms with van der Waals surface area (Å²) in [4.78, 5) is 7.21. The summed E-state index contributed by atoms with van der Waals surface area (Å²) in [5, 5.41) is 11.9. The number of hydrogen-bond donors (Lipinski definition) is 1. The molecule has 0 amide bonds. The van der Waals surface area contributed by atoms with Gasteiger partial charge in [-0.15, -0.1) is 10.2 Å². The predicted molar refractivity (Wildman–Crippen MR) is 95.7 cm³/mol. The summed E-state index contributed by atoms with van der Waals surface area (Å²) < 4.78 is 13.2. The van der Waals surface area contributed by atoms with E-state index in [2.05, 4.69) is 31.9 Å². The van der Waals surface area contributed by atoms with Crippen molar-refractivity contribution in [1.82, 2.24) is 25.0 Å². The zero-order chi connectivity index (χ0) is 17.6. The van der Waals surface area contributed by atoms with E-state index in [1.165, 1.54) is 0 Å². The summed E-state index contributed by atoms with van der Waals surface area (Å²) in [5.74, 6) is 3.64. The van der Waals surface area contributed by atoms with Crippen LogP contribution in [0.4, 0.5) is 0 Å². The summed E-state index contributed by atoms with van der Waals surface area (Å²) in [6.07, 6.45) is 2.22. The molecule has 1 saturated heterocycles. The first-order valence-corrected chi connectivity index (χ1v) is 9.23. The molecule has 8 heteroatoms. The molecule has 3 rings (SSSR count). The van der Waals surface area contributed by atoms with Crippen LogP contribution in [0, 0.1) is 12.8 Å². The fourth-order valence-electron chi connectivity index (χ4n) is 3.52. The van der Waals surface area contributed by atoms with Gasteiger partial charge in [0.25, 0.3) is 0 Å². The normalized spacial score (nSPS) is 24.3. The third-order valence-electron chi connectivity index (χ3n) is 4.85. The molecular formula is C17H30N6O2. The van der Waals surface area contributed by atoms with Crippen molar-refractivity contribution in [2.45, 2.75) is 39.3 Å². The number of hydrogen-bond acceptors (Lipinski definition) is 5. The van der Waals surface area contributed by atoms with Crippen LogP contribution in [0.3, 0.4) is 0 Å². The van der Waals surface area contributed by atoms with Crippen LogP contribution >= 0.6 is 0 Å². The zero-order valence-corrected chi connectivity index (χ0v) is 15.6. The summed E-state index contributed by atoms with van der Waals surface area (Å²) >= 11 is 0. The van der Waals surface area contributed by atoms with Gasteiger partial charge in [-0.1, -0.05) is 0 Å². The van der Waals surface area contributed by atoms with Crippen molar-refractivity contribution in [3.63, 3.8) is 0 Å². The Morgan fingerprint density at radius 1 is 1.40 bits per heavy atom. The summed E-state index contributed by atoms with van der Waals surface area (Å²) in [7, 11) is 1.71. The van der Waals surface area contributed by atoms with E-state index in [0.29, 0.717) is 19.1 Å². The Morgan fingerprint density at radius 2 is 2.28 bits per heavy atom. The standard InChI is InChI=1S/C17H30N6O2/c1-4-18-17(22-7-8-25-15(11-22)12-24-3)19-9-14-5-6-16-21-20-13(2)23(16)10-14/h14-15H,4-12H2,1-3H3,(H,18,19). The molecule has 3 heterocycles. The molecule has 140 valence electrons. The van der Waals surface area contributed by atoms with E-state index in [4.69, 9.17) is 14.5 Å². The number of aliphatic imine (C=N–C) groups is 1. The van der Waals surface area contributed by atoms with Crippen molar-refractivity contribution >= 4 is 5.96 Å². The average molecular weight is 350 g/mol. The highest BCUT2D eigenvalue weighted by molar-refractivity contribution is 5.80. The van der Waals surface area contributed by atoms with Crippen molar-refractivity contribution in [3.05, 3.63) is 11.6 Å². The van der Waals surface area contributed by atoms with Gasteiger partial charge in [-0.05, 0) is 26.2 Å². The summed E-state index contributed by atoms with van der Waals surface area (Å²) in [6.45, 7) is 9.80. The Morgan fingerprint density at radius 3 is 3.08 bits per heavy atom. The van der Waals surface area contributed by atoms with Crippen LogP contribution in [0.1, 0.15) is 25.0 Å². The number of aromatic nitrogens is 3. The molecule has 2 unspecified atom stereocenters. The maximum atomic E-state index is 5.75. The third-order valence-corrected chi connectivity index (χ3v) is 4.85. The van der Waals surface area contributed by atoms with E-state index in [1.54, 1.807) is 7.11 Å². The minimum Gasteiger partial charge on any atom is -0.382 e. The SMILES string of the molecule is CCNC(=NCC1CCc2nnc(C)n2C1)N1CCOC(COC)C1. The van der Waals surface area contributed by atoms with Crippen molar-refractivity contribution in [2.75, 3.05) is 46.5 Å². The molecule has 0 radical (unpaired) electrons. The lowest BCUT2D eigenvalue weighted by Crippen LogP contribution is -2.51. The lowest BCUT2D eigenvalue weighted by atomic mass is 9.99. The van der Waals surface area contributed by atoms with Crippen molar-refractivity contribution in [3.8, 4) is 0 Å². The molecular weight excluding hydrogens is 320 g/mol. The van der Waals surface area contributed by atoms with Crippen LogP contribution in [0.15, 0.2) is 4.99 Å². The van der Waals surface area contributed by atoms with Gasteiger partial charge in [0.1, 0.15) is 11.6 Å². The number of rotatable bonds is 5. The molecule has 25 heavy (non-hydrogen) atoms. The fourth-order valence-corrected chi connectivity index (χ4v) is 3.52. The molecule has 1 aromatic rings. The summed E-state index contributed by atoms with van der Waals surface area (Å²) in [6, 6.07) is 0. The molecule has 2 aliphatic rings. The quantitative estimate of drug-likeness (QED) is 0.614. The lowest BCUT2D eigenvalue weighted by Gasteiger charge is -2.35. The zero-order valence-electron chi connectivity index (χ0n) is 15.6. The predicted octanol–water partition coefficient (Wildman–Crippen LogP) is 0.462. The van der Waals surface area contributed by atoms with Gasteiger partial charge in [0, 0.05) is 46.3 Å². The molecule has 2 aliphatic heterocycles. The second-order valence-corrected chi connectivity index (χ2v) is 6.77. The second-order valence-electron chi connectivity index (χ2n) is 6.77. The number of nitrogens with zero attached hydrogens (tertiary/aromatic N) is 5.